The molecule has 0 saturated carbocycles. The second-order valence-electron chi connectivity index (χ2n) is 4.05. The summed E-state index contributed by atoms with van der Waals surface area (Å²) in [5.74, 6) is -0.851. The zero-order valence-corrected chi connectivity index (χ0v) is 11.7. The minimum absolute atomic E-state index is 0.201. The summed E-state index contributed by atoms with van der Waals surface area (Å²) < 4.78 is 44.1. The second kappa shape index (κ2) is 6.10. The fourth-order valence-electron chi connectivity index (χ4n) is 1.57. The highest BCUT2D eigenvalue weighted by Gasteiger charge is 2.28. The average molecular weight is 286 g/mol. The molecule has 0 aromatic heterocycles. The maximum atomic E-state index is 13.5. The number of halogens is 1. The summed E-state index contributed by atoms with van der Waals surface area (Å²) in [7, 11) is -1.11. The van der Waals surface area contributed by atoms with Crippen molar-refractivity contribution in [3.8, 4) is 6.07 Å². The lowest BCUT2D eigenvalue weighted by molar-refractivity contribution is 0.149. The van der Waals surface area contributed by atoms with Gasteiger partial charge in [0.05, 0.1) is 6.61 Å². The van der Waals surface area contributed by atoms with E-state index in [1.807, 2.05) is 0 Å². The first-order valence-electron chi connectivity index (χ1n) is 5.51. The van der Waals surface area contributed by atoms with E-state index in [-0.39, 0.29) is 11.5 Å². The minimum Gasteiger partial charge on any atom is -0.383 e. The molecule has 0 amide bonds. The summed E-state index contributed by atoms with van der Waals surface area (Å²) in [6.45, 7) is 1.86. The Morgan fingerprint density at radius 1 is 1.53 bits per heavy atom. The first-order chi connectivity index (χ1) is 8.86. The Kier molecular flexibility index (Phi) is 5.00. The zero-order chi connectivity index (χ0) is 14.6. The summed E-state index contributed by atoms with van der Waals surface area (Å²) in [5.41, 5.74) is -0.473. The third-order valence-electron chi connectivity index (χ3n) is 2.77. The summed E-state index contributed by atoms with van der Waals surface area (Å²) in [4.78, 5) is -0.333. The molecule has 0 aliphatic carbocycles. The van der Waals surface area contributed by atoms with Crippen LogP contribution in [0, 0.1) is 17.1 Å². The highest BCUT2D eigenvalue weighted by atomic mass is 32.2. The Hall–Kier alpha value is -1.49. The molecule has 0 radical (unpaired) electrons. The Bertz CT molecular complexity index is 595. The van der Waals surface area contributed by atoms with E-state index in [2.05, 4.69) is 0 Å². The van der Waals surface area contributed by atoms with Crippen LogP contribution in [0.3, 0.4) is 0 Å². The van der Waals surface area contributed by atoms with Crippen LogP contribution in [0.5, 0.6) is 0 Å². The molecule has 7 heteroatoms. The van der Waals surface area contributed by atoms with Gasteiger partial charge in [0.2, 0.25) is 10.0 Å². The number of sulfonamides is 1. The smallest absolute Gasteiger partial charge is 0.244 e. The van der Waals surface area contributed by atoms with E-state index >= 15 is 0 Å². The van der Waals surface area contributed by atoms with E-state index in [1.54, 1.807) is 13.0 Å². The van der Waals surface area contributed by atoms with Gasteiger partial charge >= 0.3 is 0 Å². The maximum absolute atomic E-state index is 13.5. The molecule has 1 aromatic carbocycles. The quantitative estimate of drug-likeness (QED) is 0.819. The van der Waals surface area contributed by atoms with Gasteiger partial charge in [-0.25, -0.2) is 12.8 Å². The van der Waals surface area contributed by atoms with Crippen molar-refractivity contribution in [2.24, 2.45) is 0 Å². The Morgan fingerprint density at radius 3 is 2.68 bits per heavy atom. The number of benzene rings is 1. The monoisotopic (exact) mass is 286 g/mol. The summed E-state index contributed by atoms with van der Waals surface area (Å²) in [5, 5.41) is 8.89. The van der Waals surface area contributed by atoms with Crippen LogP contribution in [0.25, 0.3) is 0 Å². The summed E-state index contributed by atoms with van der Waals surface area (Å²) in [6, 6.07) is 4.69. The molecular formula is C12H15FN2O3S. The zero-order valence-electron chi connectivity index (χ0n) is 10.9. The highest BCUT2D eigenvalue weighted by molar-refractivity contribution is 7.89. The minimum atomic E-state index is -3.93. The average Bonchev–Trinajstić information content (AvgIpc) is 2.37. The molecule has 104 valence electrons. The summed E-state index contributed by atoms with van der Waals surface area (Å²) in [6.07, 6.45) is 0. The van der Waals surface area contributed by atoms with Crippen LogP contribution < -0.4 is 0 Å². The van der Waals surface area contributed by atoms with Crippen molar-refractivity contribution in [1.29, 1.82) is 5.26 Å². The number of hydrogen-bond donors (Lipinski definition) is 0. The van der Waals surface area contributed by atoms with Crippen molar-refractivity contribution >= 4 is 10.0 Å². The predicted octanol–water partition coefficient (Wildman–Crippen LogP) is 1.35. The van der Waals surface area contributed by atoms with Crippen molar-refractivity contribution in [2.75, 3.05) is 20.8 Å². The van der Waals surface area contributed by atoms with Gasteiger partial charge in [0.15, 0.2) is 0 Å². The number of hydrogen-bond acceptors (Lipinski definition) is 4. The first kappa shape index (κ1) is 15.6. The maximum Gasteiger partial charge on any atom is 0.244 e. The Labute approximate surface area is 112 Å². The number of methoxy groups -OCH3 is 1. The Morgan fingerprint density at radius 2 is 2.16 bits per heavy atom. The molecule has 0 saturated heterocycles. The van der Waals surface area contributed by atoms with Gasteiger partial charge in [0, 0.05) is 20.2 Å². The highest BCUT2D eigenvalue weighted by Crippen LogP contribution is 2.22. The van der Waals surface area contributed by atoms with Gasteiger partial charge in [-0.05, 0) is 19.1 Å². The summed E-state index contributed by atoms with van der Waals surface area (Å²) >= 11 is 0. The molecule has 19 heavy (non-hydrogen) atoms. The molecule has 0 heterocycles. The third kappa shape index (κ3) is 3.10. The molecule has 0 N–H and O–H groups in total. The standard InChI is InChI=1S/C12H15FN2O3S/c1-9(8-18-3)15(2)19(16,17)12-6-4-5-11(13)10(12)7-14/h4-6,9H,8H2,1-3H3. The number of rotatable bonds is 5. The van der Waals surface area contributed by atoms with Crippen LogP contribution in [-0.4, -0.2) is 39.5 Å². The predicted molar refractivity (Wildman–Crippen MR) is 67.4 cm³/mol. The fourth-order valence-corrected chi connectivity index (χ4v) is 3.06. The molecular weight excluding hydrogens is 271 g/mol. The van der Waals surface area contributed by atoms with Crippen LogP contribution in [-0.2, 0) is 14.8 Å². The molecule has 0 bridgehead atoms. The second-order valence-corrected chi connectivity index (χ2v) is 6.02. The van der Waals surface area contributed by atoms with Gasteiger partial charge in [-0.1, -0.05) is 6.07 Å². The van der Waals surface area contributed by atoms with Gasteiger partial charge in [0.1, 0.15) is 22.3 Å². The molecule has 1 aromatic rings. The lowest BCUT2D eigenvalue weighted by Crippen LogP contribution is -2.38. The number of ether oxygens (including phenoxy) is 1. The molecule has 1 rings (SSSR count). The Balaban J connectivity index is 3.29. The van der Waals surface area contributed by atoms with E-state index in [1.165, 1.54) is 26.3 Å². The number of nitriles is 1. The van der Waals surface area contributed by atoms with Crippen LogP contribution >= 0.6 is 0 Å². The normalized spacial score (nSPS) is 13.3. The van der Waals surface area contributed by atoms with E-state index in [0.29, 0.717) is 0 Å². The third-order valence-corrected chi connectivity index (χ3v) is 4.79. The van der Waals surface area contributed by atoms with E-state index in [0.717, 1.165) is 10.4 Å². The van der Waals surface area contributed by atoms with Crippen LogP contribution in [0.15, 0.2) is 23.1 Å². The van der Waals surface area contributed by atoms with Crippen LogP contribution in [0.4, 0.5) is 4.39 Å². The van der Waals surface area contributed by atoms with Crippen molar-refractivity contribution in [3.05, 3.63) is 29.6 Å². The molecule has 1 unspecified atom stereocenters. The van der Waals surface area contributed by atoms with Gasteiger partial charge in [-0.2, -0.15) is 9.57 Å². The molecule has 1 atom stereocenters. The molecule has 0 aliphatic rings. The molecule has 0 spiro atoms. The molecule has 5 nitrogen and oxygen atoms in total. The van der Waals surface area contributed by atoms with E-state index in [9.17, 15) is 12.8 Å². The lowest BCUT2D eigenvalue weighted by Gasteiger charge is -2.24. The van der Waals surface area contributed by atoms with Crippen molar-refractivity contribution in [2.45, 2.75) is 17.9 Å². The van der Waals surface area contributed by atoms with Crippen molar-refractivity contribution < 1.29 is 17.5 Å². The van der Waals surface area contributed by atoms with Gasteiger partial charge in [0.25, 0.3) is 0 Å². The SMILES string of the molecule is COCC(C)N(C)S(=O)(=O)c1cccc(F)c1C#N. The van der Waals surface area contributed by atoms with Crippen LogP contribution in [0.2, 0.25) is 0 Å². The van der Waals surface area contributed by atoms with Crippen molar-refractivity contribution in [3.63, 3.8) is 0 Å². The largest absolute Gasteiger partial charge is 0.383 e. The van der Waals surface area contributed by atoms with E-state index in [4.69, 9.17) is 10.00 Å². The number of nitrogens with zero attached hydrogens (tertiary/aromatic N) is 2. The fraction of sp³-hybridized carbons (Fsp3) is 0.417. The van der Waals surface area contributed by atoms with Crippen molar-refractivity contribution in [1.82, 2.24) is 4.31 Å². The van der Waals surface area contributed by atoms with Crippen LogP contribution in [0.1, 0.15) is 12.5 Å². The van der Waals surface area contributed by atoms with Gasteiger partial charge in [-0.3, -0.25) is 0 Å². The number of likely N-dealkylation sites (N-methyl/N-ethyl adjacent to an activating group) is 1. The molecule has 0 fully saturated rings. The molecule has 0 aliphatic heterocycles. The van der Waals surface area contributed by atoms with Gasteiger partial charge < -0.3 is 4.74 Å². The van der Waals surface area contributed by atoms with E-state index < -0.39 is 27.4 Å². The first-order valence-corrected chi connectivity index (χ1v) is 6.95. The van der Waals surface area contributed by atoms with Gasteiger partial charge in [-0.15, -0.1) is 0 Å². The lowest BCUT2D eigenvalue weighted by atomic mass is 10.2. The topological polar surface area (TPSA) is 70.4 Å².